The number of nitrogen functional groups attached to an aromatic ring is 1. The molecule has 0 unspecified atom stereocenters. The lowest BCUT2D eigenvalue weighted by Gasteiger charge is -2.11. The highest BCUT2D eigenvalue weighted by molar-refractivity contribution is 7.98. The van der Waals surface area contributed by atoms with Crippen LogP contribution < -0.4 is 16.4 Å². The number of hydrogen-bond acceptors (Lipinski definition) is 9. The first kappa shape index (κ1) is 21.9. The van der Waals surface area contributed by atoms with Gasteiger partial charge in [-0.15, -0.1) is 0 Å². The van der Waals surface area contributed by atoms with Gasteiger partial charge in [0.15, 0.2) is 5.82 Å². The van der Waals surface area contributed by atoms with E-state index in [-0.39, 0.29) is 0 Å². The van der Waals surface area contributed by atoms with Gasteiger partial charge in [0.05, 0.1) is 28.3 Å². The van der Waals surface area contributed by atoms with Crippen molar-refractivity contribution in [2.75, 3.05) is 30.3 Å². The lowest BCUT2D eigenvalue weighted by Crippen LogP contribution is -2.30. The summed E-state index contributed by atoms with van der Waals surface area (Å²) < 4.78 is 0. The third-order valence-corrected chi connectivity index (χ3v) is 5.64. The third-order valence-electron chi connectivity index (χ3n) is 3.70. The highest BCUT2D eigenvalue weighted by Crippen LogP contribution is 2.15. The van der Waals surface area contributed by atoms with Gasteiger partial charge in [-0.25, -0.2) is 4.98 Å². The minimum atomic E-state index is -0.461. The number of H-pyrrole nitrogens is 1. The zero-order valence-electron chi connectivity index (χ0n) is 15.7. The molecular formula is C17H25N7O2S2. The number of hydrogen-bond donors (Lipinski definition) is 4. The SMILES string of the molecule is Cc1[nH]cnc1CSCCNC(=C[N+](=O)[O-])NCCSCc1ncccc1N. The van der Waals surface area contributed by atoms with E-state index in [9.17, 15) is 10.1 Å². The number of imidazole rings is 1. The van der Waals surface area contributed by atoms with E-state index in [4.69, 9.17) is 5.73 Å². The summed E-state index contributed by atoms with van der Waals surface area (Å²) in [7, 11) is 0. The van der Waals surface area contributed by atoms with Crippen LogP contribution in [0.5, 0.6) is 0 Å². The van der Waals surface area contributed by atoms with Crippen LogP contribution in [0.1, 0.15) is 17.1 Å². The molecule has 0 atom stereocenters. The van der Waals surface area contributed by atoms with Crippen molar-refractivity contribution in [2.24, 2.45) is 0 Å². The summed E-state index contributed by atoms with van der Waals surface area (Å²) in [5, 5.41) is 17.0. The molecule has 0 aliphatic rings. The zero-order valence-corrected chi connectivity index (χ0v) is 17.3. The zero-order chi connectivity index (χ0) is 20.2. The fourth-order valence-corrected chi connectivity index (χ4v) is 3.92. The maximum atomic E-state index is 10.8. The quantitative estimate of drug-likeness (QED) is 0.217. The predicted octanol–water partition coefficient (Wildman–Crippen LogP) is 2.12. The number of aromatic nitrogens is 3. The number of aromatic amines is 1. The molecule has 28 heavy (non-hydrogen) atoms. The van der Waals surface area contributed by atoms with Gasteiger partial charge in [0, 0.05) is 48.0 Å². The molecule has 2 aromatic heterocycles. The molecule has 0 spiro atoms. The number of thioether (sulfide) groups is 2. The molecule has 2 aromatic rings. The smallest absolute Gasteiger partial charge is 0.274 e. The number of aryl methyl sites for hydroxylation is 1. The lowest BCUT2D eigenvalue weighted by atomic mass is 10.3. The van der Waals surface area contributed by atoms with Crippen LogP contribution in [0.3, 0.4) is 0 Å². The first-order chi connectivity index (χ1) is 13.6. The second-order valence-electron chi connectivity index (χ2n) is 5.80. The summed E-state index contributed by atoms with van der Waals surface area (Å²) in [4.78, 5) is 21.9. The minimum absolute atomic E-state index is 0.416. The molecule has 0 radical (unpaired) electrons. The van der Waals surface area contributed by atoms with E-state index in [1.807, 2.05) is 13.0 Å². The van der Waals surface area contributed by atoms with Crippen molar-refractivity contribution >= 4 is 29.2 Å². The molecule has 9 nitrogen and oxygen atoms in total. The van der Waals surface area contributed by atoms with Crippen LogP contribution in [0, 0.1) is 17.0 Å². The van der Waals surface area contributed by atoms with E-state index in [0.29, 0.717) is 30.4 Å². The van der Waals surface area contributed by atoms with E-state index in [2.05, 4.69) is 25.6 Å². The van der Waals surface area contributed by atoms with Crippen LogP contribution in [-0.4, -0.2) is 44.5 Å². The second kappa shape index (κ2) is 12.1. The Hall–Kier alpha value is -2.40. The van der Waals surface area contributed by atoms with Gasteiger partial charge in [0.1, 0.15) is 0 Å². The van der Waals surface area contributed by atoms with Crippen molar-refractivity contribution < 1.29 is 4.92 Å². The van der Waals surface area contributed by atoms with E-state index < -0.39 is 4.92 Å². The number of rotatable bonds is 13. The van der Waals surface area contributed by atoms with Gasteiger partial charge in [-0.1, -0.05) is 0 Å². The summed E-state index contributed by atoms with van der Waals surface area (Å²) in [5.41, 5.74) is 9.51. The molecule has 0 saturated heterocycles. The Morgan fingerprint density at radius 1 is 1.25 bits per heavy atom. The van der Waals surface area contributed by atoms with Gasteiger partial charge < -0.3 is 21.4 Å². The molecule has 0 aromatic carbocycles. The molecule has 5 N–H and O–H groups in total. The Bertz CT molecular complexity index is 782. The number of pyridine rings is 1. The monoisotopic (exact) mass is 423 g/mol. The molecule has 0 amide bonds. The van der Waals surface area contributed by atoms with Crippen molar-refractivity contribution in [1.82, 2.24) is 25.6 Å². The molecule has 2 rings (SSSR count). The third kappa shape index (κ3) is 8.09. The molecule has 152 valence electrons. The maximum Gasteiger partial charge on any atom is 0.274 e. The molecule has 0 saturated carbocycles. The summed E-state index contributed by atoms with van der Waals surface area (Å²) in [6.07, 6.45) is 4.37. The second-order valence-corrected chi connectivity index (χ2v) is 8.01. The van der Waals surface area contributed by atoms with E-state index in [1.165, 1.54) is 0 Å². The summed E-state index contributed by atoms with van der Waals surface area (Å²) in [5.74, 6) is 3.53. The first-order valence-corrected chi connectivity index (χ1v) is 11.0. The lowest BCUT2D eigenvalue weighted by molar-refractivity contribution is -0.404. The molecule has 0 bridgehead atoms. The first-order valence-electron chi connectivity index (χ1n) is 8.73. The Kier molecular flexibility index (Phi) is 9.49. The molecule has 0 aliphatic heterocycles. The van der Waals surface area contributed by atoms with Crippen LogP contribution in [0.15, 0.2) is 36.7 Å². The van der Waals surface area contributed by atoms with Crippen LogP contribution >= 0.6 is 23.5 Å². The fraction of sp³-hybridized carbons (Fsp3) is 0.412. The highest BCUT2D eigenvalue weighted by Gasteiger charge is 2.04. The normalized spacial score (nSPS) is 11.4. The molecule has 11 heteroatoms. The van der Waals surface area contributed by atoms with E-state index in [1.54, 1.807) is 42.1 Å². The van der Waals surface area contributed by atoms with Crippen molar-refractivity contribution in [3.63, 3.8) is 0 Å². The highest BCUT2D eigenvalue weighted by atomic mass is 32.2. The average molecular weight is 424 g/mol. The Balaban J connectivity index is 1.63. The van der Waals surface area contributed by atoms with Crippen LogP contribution in [0.2, 0.25) is 0 Å². The van der Waals surface area contributed by atoms with Gasteiger partial charge in [-0.2, -0.15) is 23.5 Å². The van der Waals surface area contributed by atoms with Crippen molar-refractivity contribution in [3.8, 4) is 0 Å². The average Bonchev–Trinajstić information content (AvgIpc) is 3.06. The standard InChI is InChI=1S/C17H25N7O2S2/c1-13-15(23-12-22-13)10-27-7-5-20-17(9-24(25)26)21-6-8-28-11-16-14(18)3-2-4-19-16/h2-4,9,12,20-21H,5-8,10-11,18H2,1H3,(H,22,23). The van der Waals surface area contributed by atoms with E-state index in [0.717, 1.165) is 40.5 Å². The number of nitro groups is 1. The summed E-state index contributed by atoms with van der Waals surface area (Å²) >= 11 is 3.39. The number of nitrogens with zero attached hydrogens (tertiary/aromatic N) is 3. The topological polar surface area (TPSA) is 135 Å². The van der Waals surface area contributed by atoms with Crippen molar-refractivity contribution in [1.29, 1.82) is 0 Å². The predicted molar refractivity (Wildman–Crippen MR) is 115 cm³/mol. The number of nitrogens with one attached hydrogen (secondary N) is 3. The fourth-order valence-electron chi connectivity index (χ4n) is 2.22. The summed E-state index contributed by atoms with van der Waals surface area (Å²) in [6, 6.07) is 3.63. The van der Waals surface area contributed by atoms with Gasteiger partial charge in [-0.3, -0.25) is 15.1 Å². The largest absolute Gasteiger partial charge is 0.397 e. The summed E-state index contributed by atoms with van der Waals surface area (Å²) in [6.45, 7) is 3.21. The van der Waals surface area contributed by atoms with Gasteiger partial charge in [-0.05, 0) is 19.1 Å². The van der Waals surface area contributed by atoms with Crippen LogP contribution in [0.25, 0.3) is 0 Å². The van der Waals surface area contributed by atoms with E-state index >= 15 is 0 Å². The van der Waals surface area contributed by atoms with Crippen LogP contribution in [0.4, 0.5) is 5.69 Å². The number of nitrogens with two attached hydrogens (primary N) is 1. The van der Waals surface area contributed by atoms with Crippen LogP contribution in [-0.2, 0) is 11.5 Å². The molecule has 2 heterocycles. The van der Waals surface area contributed by atoms with Gasteiger partial charge in [0.2, 0.25) is 0 Å². The molecular weight excluding hydrogens is 398 g/mol. The number of anilines is 1. The Morgan fingerprint density at radius 2 is 1.93 bits per heavy atom. The van der Waals surface area contributed by atoms with Crippen molar-refractivity contribution in [3.05, 3.63) is 63.9 Å². The maximum absolute atomic E-state index is 10.8. The van der Waals surface area contributed by atoms with Gasteiger partial charge >= 0.3 is 0 Å². The molecule has 0 aliphatic carbocycles. The van der Waals surface area contributed by atoms with Crippen molar-refractivity contribution in [2.45, 2.75) is 18.4 Å². The minimum Gasteiger partial charge on any atom is -0.397 e. The molecule has 0 fully saturated rings. The Morgan fingerprint density at radius 3 is 2.50 bits per heavy atom. The van der Waals surface area contributed by atoms with Gasteiger partial charge in [0.25, 0.3) is 6.20 Å². The Labute approximate surface area is 172 Å².